The maximum absolute atomic E-state index is 12.7. The van der Waals surface area contributed by atoms with E-state index in [1.807, 2.05) is 31.2 Å². The van der Waals surface area contributed by atoms with Crippen LogP contribution in [-0.2, 0) is 26.3 Å². The zero-order chi connectivity index (χ0) is 18.8. The molecule has 0 unspecified atom stereocenters. The molecule has 0 N–H and O–H groups in total. The van der Waals surface area contributed by atoms with Crippen molar-refractivity contribution in [2.75, 3.05) is 0 Å². The van der Waals surface area contributed by atoms with E-state index < -0.39 is 5.69 Å². The number of aryl methyl sites for hydroxylation is 2. The van der Waals surface area contributed by atoms with Gasteiger partial charge in [0.25, 0.3) is 5.56 Å². The van der Waals surface area contributed by atoms with E-state index in [1.54, 1.807) is 7.05 Å². The first kappa shape index (κ1) is 18.7. The molecule has 0 aliphatic heterocycles. The molecule has 1 aromatic carbocycles. The maximum atomic E-state index is 12.7. The van der Waals surface area contributed by atoms with Gasteiger partial charge < -0.3 is 0 Å². The highest BCUT2D eigenvalue weighted by molar-refractivity contribution is 7.98. The Morgan fingerprint density at radius 1 is 1.15 bits per heavy atom. The van der Waals surface area contributed by atoms with E-state index in [4.69, 9.17) is 11.6 Å². The van der Waals surface area contributed by atoms with Gasteiger partial charge in [0.2, 0.25) is 0 Å². The number of fused-ring (bicyclic) bond motifs is 1. The van der Waals surface area contributed by atoms with Gasteiger partial charge in [-0.05, 0) is 24.1 Å². The van der Waals surface area contributed by atoms with Gasteiger partial charge in [-0.1, -0.05) is 30.7 Å². The molecule has 2 heterocycles. The van der Waals surface area contributed by atoms with E-state index in [-0.39, 0.29) is 5.56 Å². The van der Waals surface area contributed by atoms with Gasteiger partial charge in [0.15, 0.2) is 5.65 Å². The second-order valence-corrected chi connectivity index (χ2v) is 7.42. The number of halogens is 1. The first-order valence-electron chi connectivity index (χ1n) is 8.26. The minimum atomic E-state index is -0.394. The predicted octanol–water partition coefficient (Wildman–Crippen LogP) is 2.93. The summed E-state index contributed by atoms with van der Waals surface area (Å²) in [5.74, 6) is 1.25. The molecular formula is C18H19ClN4O2S. The van der Waals surface area contributed by atoms with Gasteiger partial charge in [-0.2, -0.15) is 0 Å². The van der Waals surface area contributed by atoms with E-state index >= 15 is 0 Å². The number of nitrogens with zero attached hydrogens (tertiary/aromatic N) is 4. The molecule has 0 fully saturated rings. The molecule has 26 heavy (non-hydrogen) atoms. The Balaban J connectivity index is 2.15. The molecule has 0 saturated carbocycles. The van der Waals surface area contributed by atoms with E-state index in [2.05, 4.69) is 9.97 Å². The van der Waals surface area contributed by atoms with Crippen LogP contribution < -0.4 is 11.2 Å². The molecule has 136 valence electrons. The van der Waals surface area contributed by atoms with Crippen LogP contribution in [0.1, 0.15) is 24.7 Å². The van der Waals surface area contributed by atoms with Crippen LogP contribution in [0.3, 0.4) is 0 Å². The lowest BCUT2D eigenvalue weighted by molar-refractivity contribution is 0.696. The molecule has 3 rings (SSSR count). The molecular weight excluding hydrogens is 372 g/mol. The first-order chi connectivity index (χ1) is 12.4. The molecule has 6 nitrogen and oxygen atoms in total. The minimum Gasteiger partial charge on any atom is -0.280 e. The molecule has 2 aromatic heterocycles. The molecule has 0 amide bonds. The second-order valence-electron chi connectivity index (χ2n) is 6.02. The Bertz CT molecular complexity index is 1090. The molecule has 0 aliphatic carbocycles. The molecule has 0 atom stereocenters. The van der Waals surface area contributed by atoms with Crippen LogP contribution in [-0.4, -0.2) is 19.1 Å². The number of rotatable bonds is 5. The van der Waals surface area contributed by atoms with Crippen molar-refractivity contribution in [3.05, 3.63) is 61.5 Å². The predicted molar refractivity (Wildman–Crippen MR) is 105 cm³/mol. The summed E-state index contributed by atoms with van der Waals surface area (Å²) in [7, 11) is 3.09. The highest BCUT2D eigenvalue weighted by Gasteiger charge is 2.17. The smallest absolute Gasteiger partial charge is 0.280 e. The van der Waals surface area contributed by atoms with Crippen molar-refractivity contribution in [3.8, 4) is 0 Å². The Kier molecular flexibility index (Phi) is 5.48. The minimum absolute atomic E-state index is 0.375. The molecule has 3 aromatic rings. The lowest BCUT2D eigenvalue weighted by Gasteiger charge is -2.11. The summed E-state index contributed by atoms with van der Waals surface area (Å²) < 4.78 is 2.50. The largest absolute Gasteiger partial charge is 0.332 e. The number of thioether (sulfide) groups is 1. The summed E-state index contributed by atoms with van der Waals surface area (Å²) >= 11 is 7.50. The number of hydrogen-bond donors (Lipinski definition) is 0. The summed E-state index contributed by atoms with van der Waals surface area (Å²) in [6, 6.07) is 7.57. The number of benzene rings is 1. The zero-order valence-corrected chi connectivity index (χ0v) is 16.4. The molecule has 0 radical (unpaired) electrons. The Morgan fingerprint density at radius 3 is 2.62 bits per heavy atom. The van der Waals surface area contributed by atoms with Crippen LogP contribution in [0.4, 0.5) is 0 Å². The SMILES string of the molecule is CCCc1nc(SCc2cccc(Cl)c2)c2c(=O)n(C)c(=O)n(C)c2n1. The van der Waals surface area contributed by atoms with Crippen LogP contribution >= 0.6 is 23.4 Å². The fourth-order valence-electron chi connectivity index (χ4n) is 2.69. The lowest BCUT2D eigenvalue weighted by Crippen LogP contribution is -2.37. The maximum Gasteiger partial charge on any atom is 0.332 e. The fourth-order valence-corrected chi connectivity index (χ4v) is 3.88. The molecule has 0 aliphatic rings. The van der Waals surface area contributed by atoms with Crippen molar-refractivity contribution in [2.45, 2.75) is 30.5 Å². The van der Waals surface area contributed by atoms with Gasteiger partial charge in [-0.25, -0.2) is 14.8 Å². The molecule has 8 heteroatoms. The summed E-state index contributed by atoms with van der Waals surface area (Å²) in [6.07, 6.45) is 1.56. The quantitative estimate of drug-likeness (QED) is 0.495. The monoisotopic (exact) mass is 390 g/mol. The number of aromatic nitrogens is 4. The topological polar surface area (TPSA) is 69.8 Å². The Labute approximate surface area is 159 Å². The molecule has 0 spiro atoms. The highest BCUT2D eigenvalue weighted by atomic mass is 35.5. The van der Waals surface area contributed by atoms with E-state index in [0.717, 1.165) is 16.6 Å². The average molecular weight is 391 g/mol. The van der Waals surface area contributed by atoms with Crippen molar-refractivity contribution in [1.29, 1.82) is 0 Å². The van der Waals surface area contributed by atoms with Crippen molar-refractivity contribution < 1.29 is 0 Å². The van der Waals surface area contributed by atoms with Gasteiger partial charge in [0.1, 0.15) is 16.2 Å². The van der Waals surface area contributed by atoms with Gasteiger partial charge in [-0.15, -0.1) is 11.8 Å². The van der Waals surface area contributed by atoms with Crippen LogP contribution in [0.15, 0.2) is 38.9 Å². The standard InChI is InChI=1S/C18H19ClN4O2S/c1-4-6-13-20-15-14(17(24)23(3)18(25)22(15)2)16(21-13)26-10-11-7-5-8-12(19)9-11/h5,7-9H,4,6,10H2,1-3H3. The van der Waals surface area contributed by atoms with Crippen LogP contribution in [0, 0.1) is 0 Å². The molecule has 0 saturated heterocycles. The van der Waals surface area contributed by atoms with Crippen molar-refractivity contribution in [3.63, 3.8) is 0 Å². The molecule has 0 bridgehead atoms. The summed E-state index contributed by atoms with van der Waals surface area (Å²) in [4.78, 5) is 34.0. The van der Waals surface area contributed by atoms with Gasteiger partial charge >= 0.3 is 5.69 Å². The third kappa shape index (κ3) is 3.54. The zero-order valence-electron chi connectivity index (χ0n) is 14.8. The van der Waals surface area contributed by atoms with Crippen molar-refractivity contribution >= 4 is 34.4 Å². The Hall–Kier alpha value is -2.12. The van der Waals surface area contributed by atoms with Gasteiger partial charge in [0, 0.05) is 31.3 Å². The van der Waals surface area contributed by atoms with Crippen molar-refractivity contribution in [1.82, 2.24) is 19.1 Å². The van der Waals surface area contributed by atoms with Crippen LogP contribution in [0.25, 0.3) is 11.0 Å². The first-order valence-corrected chi connectivity index (χ1v) is 9.62. The Morgan fingerprint density at radius 2 is 1.92 bits per heavy atom. The van der Waals surface area contributed by atoms with E-state index in [9.17, 15) is 9.59 Å². The number of hydrogen-bond acceptors (Lipinski definition) is 5. The summed E-state index contributed by atoms with van der Waals surface area (Å²) in [6.45, 7) is 2.04. The third-order valence-electron chi connectivity index (χ3n) is 4.05. The average Bonchev–Trinajstić information content (AvgIpc) is 2.63. The van der Waals surface area contributed by atoms with Gasteiger partial charge in [-0.3, -0.25) is 13.9 Å². The van der Waals surface area contributed by atoms with Crippen LogP contribution in [0.5, 0.6) is 0 Å². The van der Waals surface area contributed by atoms with Gasteiger partial charge in [0.05, 0.1) is 0 Å². The fraction of sp³-hybridized carbons (Fsp3) is 0.333. The van der Waals surface area contributed by atoms with Crippen molar-refractivity contribution in [2.24, 2.45) is 14.1 Å². The van der Waals surface area contributed by atoms with E-state index in [1.165, 1.54) is 23.4 Å². The van der Waals surface area contributed by atoms with Crippen LogP contribution in [0.2, 0.25) is 5.02 Å². The third-order valence-corrected chi connectivity index (χ3v) is 5.33. The normalized spacial score (nSPS) is 11.2. The summed E-state index contributed by atoms with van der Waals surface area (Å²) in [5.41, 5.74) is 0.646. The summed E-state index contributed by atoms with van der Waals surface area (Å²) in [5, 5.41) is 1.64. The lowest BCUT2D eigenvalue weighted by atomic mass is 10.2. The second kappa shape index (κ2) is 7.63. The highest BCUT2D eigenvalue weighted by Crippen LogP contribution is 2.26. The van der Waals surface area contributed by atoms with E-state index in [0.29, 0.717) is 39.1 Å².